The molecule has 1 aliphatic carbocycles. The van der Waals surface area contributed by atoms with Crippen LogP contribution in [-0.2, 0) is 10.1 Å². The zero-order valence-corrected chi connectivity index (χ0v) is 14.0. The van der Waals surface area contributed by atoms with Crippen LogP contribution in [0.2, 0.25) is 0 Å². The summed E-state index contributed by atoms with van der Waals surface area (Å²) in [5.74, 6) is 6.74. The van der Waals surface area contributed by atoms with Crippen molar-refractivity contribution in [3.63, 3.8) is 0 Å². The van der Waals surface area contributed by atoms with E-state index in [1.807, 2.05) is 6.07 Å². The van der Waals surface area contributed by atoms with Crippen LogP contribution < -0.4 is 5.84 Å². The van der Waals surface area contributed by atoms with Crippen molar-refractivity contribution in [2.75, 3.05) is 5.75 Å². The Morgan fingerprint density at radius 1 is 1.46 bits per heavy atom. The van der Waals surface area contributed by atoms with Gasteiger partial charge in [0.05, 0.1) is 17.1 Å². The summed E-state index contributed by atoms with van der Waals surface area (Å²) in [7, 11) is -3.93. The first kappa shape index (κ1) is 16.9. The molecule has 8 nitrogen and oxygen atoms in total. The van der Waals surface area contributed by atoms with Crippen LogP contribution in [0.5, 0.6) is 0 Å². The number of hydrazine groups is 1. The van der Waals surface area contributed by atoms with Gasteiger partial charge in [-0.2, -0.15) is 8.42 Å². The van der Waals surface area contributed by atoms with Gasteiger partial charge in [-0.25, -0.2) is 10.8 Å². The Bertz CT molecular complexity index is 788. The Labute approximate surface area is 140 Å². The van der Waals surface area contributed by atoms with Gasteiger partial charge < -0.3 is 4.98 Å². The van der Waals surface area contributed by atoms with Crippen LogP contribution in [0.1, 0.15) is 31.2 Å². The number of allylic oxidation sites excluding steroid dienone is 1. The fraction of sp³-hybridized carbons (Fsp3) is 0.467. The summed E-state index contributed by atoms with van der Waals surface area (Å²) in [6.45, 7) is 3.70. The highest BCUT2D eigenvalue weighted by Crippen LogP contribution is 2.40. The van der Waals surface area contributed by atoms with E-state index in [-0.39, 0.29) is 17.6 Å². The Kier molecular flexibility index (Phi) is 4.57. The molecular weight excluding hydrogens is 330 g/mol. The van der Waals surface area contributed by atoms with Crippen molar-refractivity contribution in [2.45, 2.75) is 25.7 Å². The van der Waals surface area contributed by atoms with Crippen molar-refractivity contribution in [1.29, 1.82) is 0 Å². The van der Waals surface area contributed by atoms with E-state index in [1.165, 1.54) is 11.3 Å². The summed E-state index contributed by atoms with van der Waals surface area (Å²) in [5.41, 5.74) is 2.45. The monoisotopic (exact) mass is 351 g/mol. The topological polar surface area (TPSA) is 124 Å². The molecule has 0 saturated heterocycles. The molecule has 1 aliphatic heterocycles. The summed E-state index contributed by atoms with van der Waals surface area (Å²) in [5, 5.41) is 1.45. The molecule has 1 aromatic heterocycles. The molecule has 0 spiro atoms. The largest absolute Gasteiger partial charge is 0.346 e. The number of hydrogen-bond acceptors (Lipinski definition) is 6. The van der Waals surface area contributed by atoms with Gasteiger partial charge >= 0.3 is 0 Å². The molecule has 3 rings (SSSR count). The smallest absolute Gasteiger partial charge is 0.265 e. The molecule has 1 saturated carbocycles. The van der Waals surface area contributed by atoms with E-state index in [2.05, 4.69) is 21.7 Å². The average molecular weight is 351 g/mol. The summed E-state index contributed by atoms with van der Waals surface area (Å²) in [4.78, 5) is 11.5. The molecule has 0 bridgehead atoms. The second kappa shape index (κ2) is 6.50. The molecule has 0 radical (unpaired) electrons. The van der Waals surface area contributed by atoms with Gasteiger partial charge in [-0.05, 0) is 44.4 Å². The molecule has 24 heavy (non-hydrogen) atoms. The first-order valence-electron chi connectivity index (χ1n) is 7.81. The standard InChI is InChI=1S/C15H21N5O3S/c1-17-13(11-4-2-10(3-5-11)8-24(21,22)23)14-12-6-7-18-15(12)19-9-20(14)16/h6-7,9-11,18H,1-5,8,16H2,(H,21,22,23)/b14-13-. The van der Waals surface area contributed by atoms with Crippen molar-refractivity contribution in [3.8, 4) is 0 Å². The van der Waals surface area contributed by atoms with E-state index in [0.717, 1.165) is 48.5 Å². The number of fused-ring (bicyclic) bond motifs is 1. The molecule has 0 aromatic carbocycles. The summed E-state index contributed by atoms with van der Waals surface area (Å²) in [6.07, 6.45) is 6.32. The van der Waals surface area contributed by atoms with Crippen LogP contribution in [-0.4, -0.2) is 41.8 Å². The van der Waals surface area contributed by atoms with Crippen LogP contribution in [0.4, 0.5) is 5.82 Å². The third-order valence-corrected chi connectivity index (χ3v) is 5.54. The minimum Gasteiger partial charge on any atom is -0.346 e. The zero-order valence-electron chi connectivity index (χ0n) is 13.2. The van der Waals surface area contributed by atoms with E-state index < -0.39 is 10.1 Å². The highest BCUT2D eigenvalue weighted by molar-refractivity contribution is 7.85. The Morgan fingerprint density at radius 3 is 2.79 bits per heavy atom. The van der Waals surface area contributed by atoms with Crippen LogP contribution in [0, 0.1) is 11.8 Å². The molecule has 2 aliphatic rings. The van der Waals surface area contributed by atoms with Crippen LogP contribution >= 0.6 is 0 Å². The first-order valence-corrected chi connectivity index (χ1v) is 9.42. The predicted molar refractivity (Wildman–Crippen MR) is 93.3 cm³/mol. The van der Waals surface area contributed by atoms with E-state index >= 15 is 0 Å². The Balaban J connectivity index is 1.83. The summed E-state index contributed by atoms with van der Waals surface area (Å²) < 4.78 is 31.1. The van der Waals surface area contributed by atoms with Gasteiger partial charge in [0.2, 0.25) is 0 Å². The second-order valence-corrected chi connectivity index (χ2v) is 7.75. The van der Waals surface area contributed by atoms with Gasteiger partial charge in [0.1, 0.15) is 12.2 Å². The maximum Gasteiger partial charge on any atom is 0.265 e. The first-order chi connectivity index (χ1) is 11.4. The Hall–Kier alpha value is -1.97. The molecule has 9 heteroatoms. The molecular formula is C15H21N5O3S. The second-order valence-electron chi connectivity index (χ2n) is 6.25. The molecule has 0 amide bonds. The fourth-order valence-electron chi connectivity index (χ4n) is 3.54. The number of aromatic amines is 1. The van der Waals surface area contributed by atoms with Gasteiger partial charge in [-0.15, -0.1) is 0 Å². The number of aliphatic imine (C=N–C) groups is 2. The highest BCUT2D eigenvalue weighted by atomic mass is 32.2. The average Bonchev–Trinajstić information content (AvgIpc) is 2.98. The predicted octanol–water partition coefficient (Wildman–Crippen LogP) is 1.93. The van der Waals surface area contributed by atoms with Crippen molar-refractivity contribution >= 4 is 34.7 Å². The minimum atomic E-state index is -3.93. The van der Waals surface area contributed by atoms with E-state index in [1.54, 1.807) is 6.20 Å². The fourth-order valence-corrected chi connectivity index (χ4v) is 4.47. The zero-order chi connectivity index (χ0) is 17.3. The number of nitrogens with zero attached hydrogens (tertiary/aromatic N) is 3. The van der Waals surface area contributed by atoms with E-state index in [9.17, 15) is 8.42 Å². The maximum absolute atomic E-state index is 11.0. The highest BCUT2D eigenvalue weighted by Gasteiger charge is 2.30. The third kappa shape index (κ3) is 3.42. The van der Waals surface area contributed by atoms with Crippen molar-refractivity contribution in [1.82, 2.24) is 9.99 Å². The molecule has 0 atom stereocenters. The lowest BCUT2D eigenvalue weighted by atomic mass is 9.80. The number of hydrogen-bond donors (Lipinski definition) is 3. The van der Waals surface area contributed by atoms with Gasteiger partial charge in [0, 0.05) is 17.7 Å². The van der Waals surface area contributed by atoms with Crippen LogP contribution in [0.3, 0.4) is 0 Å². The number of H-pyrrole nitrogens is 1. The molecule has 1 aromatic rings. The summed E-state index contributed by atoms with van der Waals surface area (Å²) >= 11 is 0. The van der Waals surface area contributed by atoms with Crippen LogP contribution in [0.15, 0.2) is 27.9 Å². The minimum absolute atomic E-state index is 0.0166. The summed E-state index contributed by atoms with van der Waals surface area (Å²) in [6, 6.07) is 1.90. The molecule has 130 valence electrons. The van der Waals surface area contributed by atoms with E-state index in [4.69, 9.17) is 10.4 Å². The maximum atomic E-state index is 11.0. The Morgan fingerprint density at radius 2 is 2.17 bits per heavy atom. The SMILES string of the molecule is C=N/C(=C1/c2cc[nH]c2N=CN1N)C1CCC(CS(=O)(=O)O)CC1. The van der Waals surface area contributed by atoms with Gasteiger partial charge in [0.25, 0.3) is 10.1 Å². The molecule has 2 heterocycles. The van der Waals surface area contributed by atoms with E-state index in [0.29, 0.717) is 0 Å². The normalized spacial score (nSPS) is 26.2. The van der Waals surface area contributed by atoms with Crippen LogP contribution in [0.25, 0.3) is 5.70 Å². The number of nitrogens with one attached hydrogen (secondary N) is 1. The number of nitrogens with two attached hydrogens (primary N) is 1. The lowest BCUT2D eigenvalue weighted by Gasteiger charge is -2.31. The molecule has 0 unspecified atom stereocenters. The lowest BCUT2D eigenvalue weighted by Crippen LogP contribution is -2.32. The number of aromatic nitrogens is 1. The van der Waals surface area contributed by atoms with Gasteiger partial charge in [-0.3, -0.25) is 14.6 Å². The van der Waals surface area contributed by atoms with Crippen molar-refractivity contribution in [2.24, 2.45) is 27.7 Å². The quantitative estimate of drug-likeness (QED) is 0.434. The number of rotatable bonds is 4. The lowest BCUT2D eigenvalue weighted by molar-refractivity contribution is 0.314. The van der Waals surface area contributed by atoms with Crippen molar-refractivity contribution in [3.05, 3.63) is 23.5 Å². The van der Waals surface area contributed by atoms with Crippen molar-refractivity contribution < 1.29 is 13.0 Å². The molecule has 1 fully saturated rings. The molecule has 4 N–H and O–H groups in total. The third-order valence-electron chi connectivity index (χ3n) is 4.64. The van der Waals surface area contributed by atoms with Gasteiger partial charge in [-0.1, -0.05) is 0 Å². The van der Waals surface area contributed by atoms with Gasteiger partial charge in [0.15, 0.2) is 0 Å².